The molecule has 1 aliphatic heterocycles. The van der Waals surface area contributed by atoms with Crippen LogP contribution in [0.25, 0.3) is 0 Å². The minimum Gasteiger partial charge on any atom is -0.367 e. The van der Waals surface area contributed by atoms with E-state index in [4.69, 9.17) is 0 Å². The molecule has 4 nitrogen and oxygen atoms in total. The molecule has 1 saturated heterocycles. The second kappa shape index (κ2) is 7.68. The Bertz CT molecular complexity index is 699. The van der Waals surface area contributed by atoms with Crippen LogP contribution in [0, 0.1) is 6.92 Å². The number of rotatable bonds is 4. The van der Waals surface area contributed by atoms with Crippen LogP contribution < -0.4 is 4.90 Å². The number of pyridine rings is 1. The third-order valence-electron chi connectivity index (χ3n) is 4.90. The first kappa shape index (κ1) is 17.5. The summed E-state index contributed by atoms with van der Waals surface area (Å²) in [7, 11) is 0. The van der Waals surface area contributed by atoms with Gasteiger partial charge in [-0.3, -0.25) is 9.78 Å². The Labute approximate surface area is 150 Å². The number of aryl methyl sites for hydroxylation is 1. The van der Waals surface area contributed by atoms with Crippen LogP contribution >= 0.6 is 0 Å². The molecule has 0 saturated carbocycles. The fourth-order valence-electron chi connectivity index (χ4n) is 3.17. The molecule has 1 amide bonds. The number of carbonyl (C=O) groups excluding carboxylic acids is 1. The van der Waals surface area contributed by atoms with Gasteiger partial charge < -0.3 is 9.80 Å². The molecule has 2 heterocycles. The molecule has 0 bridgehead atoms. The Balaban J connectivity index is 1.53. The van der Waals surface area contributed by atoms with Crippen LogP contribution in [0.1, 0.15) is 36.6 Å². The van der Waals surface area contributed by atoms with Crippen LogP contribution in [0.3, 0.4) is 0 Å². The van der Waals surface area contributed by atoms with Gasteiger partial charge in [0, 0.05) is 31.9 Å². The number of hydrogen-bond donors (Lipinski definition) is 0. The van der Waals surface area contributed by atoms with Crippen molar-refractivity contribution >= 4 is 11.6 Å². The number of carbonyl (C=O) groups is 1. The Morgan fingerprint density at radius 2 is 1.72 bits per heavy atom. The second-order valence-electron chi connectivity index (χ2n) is 7.10. The Hall–Kier alpha value is -2.36. The Morgan fingerprint density at radius 3 is 2.28 bits per heavy atom. The van der Waals surface area contributed by atoms with E-state index in [-0.39, 0.29) is 5.91 Å². The van der Waals surface area contributed by atoms with Gasteiger partial charge in [-0.2, -0.15) is 0 Å². The minimum absolute atomic E-state index is 0.221. The molecule has 0 spiro atoms. The lowest BCUT2D eigenvalue weighted by Crippen LogP contribution is -2.49. The molecule has 132 valence electrons. The van der Waals surface area contributed by atoms with Crippen molar-refractivity contribution in [3.05, 3.63) is 59.4 Å². The van der Waals surface area contributed by atoms with Gasteiger partial charge >= 0.3 is 0 Å². The number of aromatic nitrogens is 1. The SMILES string of the molecule is Cc1ccc(N2CCN(C(=O)Cc3ccc(C(C)C)cc3)CC2)cn1. The first-order valence-electron chi connectivity index (χ1n) is 9.07. The number of hydrogen-bond acceptors (Lipinski definition) is 3. The summed E-state index contributed by atoms with van der Waals surface area (Å²) in [6, 6.07) is 12.6. The zero-order chi connectivity index (χ0) is 17.8. The predicted molar refractivity (Wildman–Crippen MR) is 102 cm³/mol. The molecule has 4 heteroatoms. The summed E-state index contributed by atoms with van der Waals surface area (Å²) in [5.74, 6) is 0.744. The summed E-state index contributed by atoms with van der Waals surface area (Å²) in [5, 5.41) is 0. The van der Waals surface area contributed by atoms with Crippen molar-refractivity contribution in [1.29, 1.82) is 0 Å². The highest BCUT2D eigenvalue weighted by molar-refractivity contribution is 5.79. The fraction of sp³-hybridized carbons (Fsp3) is 0.429. The van der Waals surface area contributed by atoms with Crippen molar-refractivity contribution in [2.75, 3.05) is 31.1 Å². The number of benzene rings is 1. The topological polar surface area (TPSA) is 36.4 Å². The molecule has 0 N–H and O–H groups in total. The maximum atomic E-state index is 12.6. The molecule has 0 radical (unpaired) electrons. The van der Waals surface area contributed by atoms with E-state index >= 15 is 0 Å². The van der Waals surface area contributed by atoms with Crippen LogP contribution in [0.2, 0.25) is 0 Å². The number of anilines is 1. The predicted octanol–water partition coefficient (Wildman–Crippen LogP) is 3.40. The van der Waals surface area contributed by atoms with Gasteiger partial charge in [-0.25, -0.2) is 0 Å². The lowest BCUT2D eigenvalue weighted by atomic mass is 10.0. The van der Waals surface area contributed by atoms with Gasteiger partial charge in [0.1, 0.15) is 0 Å². The van der Waals surface area contributed by atoms with E-state index in [0.717, 1.165) is 43.1 Å². The fourth-order valence-corrected chi connectivity index (χ4v) is 3.17. The van der Waals surface area contributed by atoms with Crippen molar-refractivity contribution < 1.29 is 4.79 Å². The van der Waals surface area contributed by atoms with Crippen LogP contribution in [0.5, 0.6) is 0 Å². The normalized spacial score (nSPS) is 14.9. The quantitative estimate of drug-likeness (QED) is 0.858. The summed E-state index contributed by atoms with van der Waals surface area (Å²) in [4.78, 5) is 21.2. The van der Waals surface area contributed by atoms with Gasteiger partial charge in [-0.05, 0) is 36.1 Å². The van der Waals surface area contributed by atoms with E-state index in [1.54, 1.807) is 0 Å². The molecular formula is C21H27N3O. The Kier molecular flexibility index (Phi) is 5.37. The van der Waals surface area contributed by atoms with Gasteiger partial charge in [0.2, 0.25) is 5.91 Å². The molecule has 3 rings (SSSR count). The molecule has 0 unspecified atom stereocenters. The van der Waals surface area contributed by atoms with Gasteiger partial charge in [-0.15, -0.1) is 0 Å². The van der Waals surface area contributed by atoms with Gasteiger partial charge in [0.15, 0.2) is 0 Å². The second-order valence-corrected chi connectivity index (χ2v) is 7.10. The van der Waals surface area contributed by atoms with Crippen LogP contribution in [0.4, 0.5) is 5.69 Å². The number of amides is 1. The third-order valence-corrected chi connectivity index (χ3v) is 4.90. The summed E-state index contributed by atoms with van der Waals surface area (Å²) >= 11 is 0. The minimum atomic E-state index is 0.221. The van der Waals surface area contributed by atoms with Crippen LogP contribution in [-0.4, -0.2) is 42.0 Å². The van der Waals surface area contributed by atoms with E-state index in [1.165, 1.54) is 5.56 Å². The number of piperazine rings is 1. The molecule has 1 aromatic carbocycles. The van der Waals surface area contributed by atoms with E-state index in [0.29, 0.717) is 12.3 Å². The monoisotopic (exact) mass is 337 g/mol. The summed E-state index contributed by atoms with van der Waals surface area (Å²) in [6.07, 6.45) is 2.41. The summed E-state index contributed by atoms with van der Waals surface area (Å²) in [6.45, 7) is 9.64. The van der Waals surface area contributed by atoms with Crippen molar-refractivity contribution in [1.82, 2.24) is 9.88 Å². The first-order valence-corrected chi connectivity index (χ1v) is 9.07. The molecule has 1 fully saturated rings. The van der Waals surface area contributed by atoms with Crippen molar-refractivity contribution in [2.45, 2.75) is 33.1 Å². The average Bonchev–Trinajstić information content (AvgIpc) is 2.63. The lowest BCUT2D eigenvalue weighted by Gasteiger charge is -2.36. The smallest absolute Gasteiger partial charge is 0.227 e. The molecule has 2 aromatic rings. The highest BCUT2D eigenvalue weighted by Gasteiger charge is 2.21. The zero-order valence-electron chi connectivity index (χ0n) is 15.4. The van der Waals surface area contributed by atoms with Gasteiger partial charge in [0.05, 0.1) is 18.3 Å². The van der Waals surface area contributed by atoms with Crippen molar-refractivity contribution in [3.8, 4) is 0 Å². The van der Waals surface area contributed by atoms with Crippen LogP contribution in [-0.2, 0) is 11.2 Å². The third kappa shape index (κ3) is 4.38. The standard InChI is InChI=1S/C21H27N3O/c1-16(2)19-7-5-18(6-8-19)14-21(25)24-12-10-23(11-13-24)20-9-4-17(3)22-15-20/h4-9,15-16H,10-14H2,1-3H3. The first-order chi connectivity index (χ1) is 12.0. The van der Waals surface area contributed by atoms with E-state index in [2.05, 4.69) is 54.1 Å². The average molecular weight is 337 g/mol. The molecule has 0 atom stereocenters. The zero-order valence-corrected chi connectivity index (χ0v) is 15.4. The molecule has 0 aliphatic carbocycles. The lowest BCUT2D eigenvalue weighted by molar-refractivity contribution is -0.130. The molecular weight excluding hydrogens is 310 g/mol. The summed E-state index contributed by atoms with van der Waals surface area (Å²) in [5.41, 5.74) is 4.58. The largest absolute Gasteiger partial charge is 0.367 e. The van der Waals surface area contributed by atoms with Crippen molar-refractivity contribution in [2.24, 2.45) is 0 Å². The molecule has 25 heavy (non-hydrogen) atoms. The summed E-state index contributed by atoms with van der Waals surface area (Å²) < 4.78 is 0. The van der Waals surface area contributed by atoms with Gasteiger partial charge in [0.25, 0.3) is 0 Å². The van der Waals surface area contributed by atoms with Gasteiger partial charge in [-0.1, -0.05) is 38.1 Å². The highest BCUT2D eigenvalue weighted by Crippen LogP contribution is 2.17. The van der Waals surface area contributed by atoms with Crippen LogP contribution in [0.15, 0.2) is 42.6 Å². The van der Waals surface area contributed by atoms with Crippen molar-refractivity contribution in [3.63, 3.8) is 0 Å². The van der Waals surface area contributed by atoms with E-state index in [1.807, 2.05) is 24.1 Å². The Morgan fingerprint density at radius 1 is 1.04 bits per heavy atom. The van der Waals surface area contributed by atoms with E-state index in [9.17, 15) is 4.79 Å². The number of nitrogens with zero attached hydrogens (tertiary/aromatic N) is 3. The molecule has 1 aromatic heterocycles. The maximum Gasteiger partial charge on any atom is 0.227 e. The maximum absolute atomic E-state index is 12.6. The molecule has 1 aliphatic rings. The van der Waals surface area contributed by atoms with E-state index < -0.39 is 0 Å². The highest BCUT2D eigenvalue weighted by atomic mass is 16.2.